The van der Waals surface area contributed by atoms with Gasteiger partial charge in [0.2, 0.25) is 0 Å². The quantitative estimate of drug-likeness (QED) is 0.574. The number of aromatic nitrogens is 2. The van der Waals surface area contributed by atoms with Crippen molar-refractivity contribution in [3.05, 3.63) is 48.3 Å². The molecule has 1 heterocycles. The van der Waals surface area contributed by atoms with Crippen LogP contribution in [0.3, 0.4) is 0 Å². The topological polar surface area (TPSA) is 87.4 Å². The first-order chi connectivity index (χ1) is 12.8. The Morgan fingerprint density at radius 1 is 1.22 bits per heavy atom. The van der Waals surface area contributed by atoms with Crippen LogP contribution >= 0.6 is 0 Å². The van der Waals surface area contributed by atoms with E-state index in [9.17, 15) is 4.79 Å². The maximum absolute atomic E-state index is 12.2. The van der Waals surface area contributed by atoms with E-state index in [2.05, 4.69) is 15.3 Å². The molecular formula is C19H24BN6O. The van der Waals surface area contributed by atoms with Crippen LogP contribution in [0.4, 0.5) is 23.0 Å². The summed E-state index contributed by atoms with van der Waals surface area (Å²) in [4.78, 5) is 24.0. The number of hydrogen-bond donors (Lipinski definition) is 2. The van der Waals surface area contributed by atoms with E-state index >= 15 is 0 Å². The van der Waals surface area contributed by atoms with Crippen molar-refractivity contribution in [2.24, 2.45) is 0 Å². The van der Waals surface area contributed by atoms with Crippen molar-refractivity contribution < 1.29 is 4.79 Å². The number of hydrogen-bond acceptors (Lipinski definition) is 6. The zero-order valence-corrected chi connectivity index (χ0v) is 16.1. The van der Waals surface area contributed by atoms with E-state index in [0.717, 1.165) is 11.4 Å². The van der Waals surface area contributed by atoms with Crippen molar-refractivity contribution in [2.75, 3.05) is 43.6 Å². The Morgan fingerprint density at radius 2 is 1.89 bits per heavy atom. The Hall–Kier alpha value is -3.00. The SMILES string of the molecule is [B]=C(C)c1c(N)ncnc1Nc1ccc(N(C)C(=O)/C=C/CN(C)C)cc1. The molecule has 0 bridgehead atoms. The summed E-state index contributed by atoms with van der Waals surface area (Å²) in [5, 5.41) is 3.18. The number of nitrogens with zero attached hydrogens (tertiary/aromatic N) is 4. The summed E-state index contributed by atoms with van der Waals surface area (Å²) in [5.74, 6) is 0.766. The van der Waals surface area contributed by atoms with Crippen LogP contribution in [-0.4, -0.2) is 61.4 Å². The molecule has 0 fully saturated rings. The molecule has 0 aliphatic rings. The summed E-state index contributed by atoms with van der Waals surface area (Å²) in [6.45, 7) is 2.46. The number of rotatable bonds is 7. The molecule has 2 aromatic rings. The summed E-state index contributed by atoms with van der Waals surface area (Å²) in [6.07, 6.45) is 4.79. The van der Waals surface area contributed by atoms with E-state index in [4.69, 9.17) is 13.2 Å². The molecule has 1 radical (unpaired) electrons. The molecule has 139 valence electrons. The average molecular weight is 363 g/mol. The molecule has 3 N–H and O–H groups in total. The fourth-order valence-electron chi connectivity index (χ4n) is 2.39. The fourth-order valence-corrected chi connectivity index (χ4v) is 2.39. The van der Waals surface area contributed by atoms with Crippen molar-refractivity contribution in [3.63, 3.8) is 0 Å². The van der Waals surface area contributed by atoms with Gasteiger partial charge in [0.25, 0.3) is 0 Å². The third kappa shape index (κ3) is 5.49. The molecule has 2 rings (SSSR count). The second kappa shape index (κ2) is 9.09. The normalized spacial score (nSPS) is 11.0. The van der Waals surface area contributed by atoms with Gasteiger partial charge in [0.05, 0.1) is 0 Å². The molecule has 1 aromatic heterocycles. The second-order valence-corrected chi connectivity index (χ2v) is 6.40. The van der Waals surface area contributed by atoms with E-state index in [0.29, 0.717) is 29.2 Å². The minimum absolute atomic E-state index is 0.0863. The van der Waals surface area contributed by atoms with E-state index in [1.807, 2.05) is 49.3 Å². The van der Waals surface area contributed by atoms with E-state index < -0.39 is 0 Å². The van der Waals surface area contributed by atoms with Gasteiger partial charge in [-0.3, -0.25) is 0 Å². The molecule has 1 aromatic carbocycles. The number of nitrogen functional groups attached to an aromatic ring is 1. The van der Waals surface area contributed by atoms with Crippen LogP contribution in [-0.2, 0) is 4.79 Å². The van der Waals surface area contributed by atoms with Crippen LogP contribution in [0.1, 0.15) is 12.5 Å². The Balaban J connectivity index is 2.12. The Bertz CT molecular complexity index is 848. The number of nitrogens with two attached hydrogens (primary N) is 1. The monoisotopic (exact) mass is 363 g/mol. The first-order valence-corrected chi connectivity index (χ1v) is 8.45. The molecule has 0 spiro atoms. The molecule has 1 amide bonds. The Morgan fingerprint density at radius 3 is 2.48 bits per heavy atom. The van der Waals surface area contributed by atoms with Crippen molar-refractivity contribution in [3.8, 4) is 0 Å². The number of benzene rings is 1. The number of carbonyl (C=O) groups excluding carboxylic acids is 1. The van der Waals surface area contributed by atoms with Crippen molar-refractivity contribution in [2.45, 2.75) is 6.92 Å². The van der Waals surface area contributed by atoms with Crippen molar-refractivity contribution in [1.82, 2.24) is 14.9 Å². The summed E-state index contributed by atoms with van der Waals surface area (Å²) in [6, 6.07) is 7.42. The van der Waals surface area contributed by atoms with Gasteiger partial charge in [-0.05, 0) is 14.1 Å². The van der Waals surface area contributed by atoms with Crippen LogP contribution in [0.2, 0.25) is 0 Å². The molecule has 7 nitrogen and oxygen atoms in total. The fraction of sp³-hybridized carbons (Fsp3) is 0.263. The van der Waals surface area contributed by atoms with Crippen LogP contribution in [0.25, 0.3) is 0 Å². The van der Waals surface area contributed by atoms with E-state index in [1.165, 1.54) is 6.33 Å². The zero-order chi connectivity index (χ0) is 20.0. The molecular weight excluding hydrogens is 339 g/mol. The molecule has 0 saturated carbocycles. The number of carbonyl (C=O) groups is 1. The summed E-state index contributed by atoms with van der Waals surface area (Å²) in [7, 11) is 11.5. The third-order valence-electron chi connectivity index (χ3n) is 3.85. The maximum atomic E-state index is 12.2. The Kier molecular flexibility index (Phi) is 6.84. The van der Waals surface area contributed by atoms with Crippen LogP contribution in [0.5, 0.6) is 0 Å². The summed E-state index contributed by atoms with van der Waals surface area (Å²) in [5.41, 5.74) is 8.58. The zero-order valence-electron chi connectivity index (χ0n) is 16.1. The predicted molar refractivity (Wildman–Crippen MR) is 113 cm³/mol. The van der Waals surface area contributed by atoms with Crippen LogP contribution in [0, 0.1) is 0 Å². The van der Waals surface area contributed by atoms with Gasteiger partial charge in [-0.1, -0.05) is 0 Å². The van der Waals surface area contributed by atoms with Gasteiger partial charge in [-0.2, -0.15) is 0 Å². The summed E-state index contributed by atoms with van der Waals surface area (Å²) >= 11 is 0. The van der Waals surface area contributed by atoms with Gasteiger partial charge in [0, 0.05) is 6.54 Å². The molecule has 0 unspecified atom stereocenters. The summed E-state index contributed by atoms with van der Waals surface area (Å²) < 4.78 is 0. The number of anilines is 4. The van der Waals surface area contributed by atoms with E-state index in [1.54, 1.807) is 24.9 Å². The third-order valence-corrected chi connectivity index (χ3v) is 3.85. The van der Waals surface area contributed by atoms with E-state index in [-0.39, 0.29) is 5.91 Å². The average Bonchev–Trinajstić information content (AvgIpc) is 2.61. The first kappa shape index (κ1) is 20.3. The molecule has 0 atom stereocenters. The standard InChI is InChI=1S/C19H24BN6O/c1-13(20)17-18(21)22-12-23-19(17)24-14-7-9-15(10-8-14)26(4)16(27)6-5-11-25(2)3/h5-10,12H,11H2,1-4H3,(H3,21,22,23,24)/b6-5+. The Labute approximate surface area is 161 Å². The second-order valence-electron chi connectivity index (χ2n) is 6.40. The number of likely N-dealkylation sites (N-methyl/N-ethyl adjacent to an activating group) is 2. The molecule has 0 saturated heterocycles. The predicted octanol–water partition coefficient (Wildman–Crippen LogP) is 1.59. The van der Waals surface area contributed by atoms with Gasteiger partial charge in [0.1, 0.15) is 0 Å². The molecule has 8 heteroatoms. The van der Waals surface area contributed by atoms with Crippen LogP contribution < -0.4 is 16.0 Å². The van der Waals surface area contributed by atoms with Gasteiger partial charge in [-0.15, -0.1) is 0 Å². The minimum atomic E-state index is -0.0863. The first-order valence-electron chi connectivity index (χ1n) is 8.45. The molecule has 27 heavy (non-hydrogen) atoms. The number of amides is 1. The van der Waals surface area contributed by atoms with Crippen LogP contribution in [0.15, 0.2) is 42.7 Å². The molecule has 0 aliphatic heterocycles. The van der Waals surface area contributed by atoms with Gasteiger partial charge < -0.3 is 4.90 Å². The van der Waals surface area contributed by atoms with Gasteiger partial charge in [0.15, 0.2) is 0 Å². The van der Waals surface area contributed by atoms with Gasteiger partial charge >= 0.3 is 135 Å². The molecule has 0 aliphatic carbocycles. The van der Waals surface area contributed by atoms with Gasteiger partial charge in [-0.25, -0.2) is 0 Å². The van der Waals surface area contributed by atoms with Crippen molar-refractivity contribution >= 4 is 41.9 Å². The number of nitrogens with one attached hydrogen (secondary N) is 1. The van der Waals surface area contributed by atoms with Crippen molar-refractivity contribution in [1.29, 1.82) is 0 Å².